The standard InChI is InChI=1S/C17H19NO3/c19-14-11-17(21-15-4-2-1-3-13(14)15)7-9-18(10-8-17)16(20)12-5-6-12/h1-4,12H,5-11H2. The lowest BCUT2D eigenvalue weighted by Crippen LogP contribution is -2.52. The van der Waals surface area contributed by atoms with Crippen molar-refractivity contribution in [2.45, 2.75) is 37.7 Å². The molecule has 3 aliphatic rings. The van der Waals surface area contributed by atoms with E-state index in [1.54, 1.807) is 0 Å². The van der Waals surface area contributed by atoms with Gasteiger partial charge < -0.3 is 9.64 Å². The molecule has 4 heteroatoms. The number of hydrogen-bond donors (Lipinski definition) is 0. The van der Waals surface area contributed by atoms with Crippen molar-refractivity contribution in [2.75, 3.05) is 13.1 Å². The molecule has 1 saturated heterocycles. The Labute approximate surface area is 124 Å². The monoisotopic (exact) mass is 285 g/mol. The third kappa shape index (κ3) is 2.23. The highest BCUT2D eigenvalue weighted by Crippen LogP contribution is 2.40. The molecule has 0 radical (unpaired) electrons. The second-order valence-electron chi connectivity index (χ2n) is 6.48. The van der Waals surface area contributed by atoms with Crippen LogP contribution in [-0.2, 0) is 4.79 Å². The predicted molar refractivity (Wildman–Crippen MR) is 77.3 cm³/mol. The van der Waals surface area contributed by atoms with Crippen LogP contribution in [-0.4, -0.2) is 35.3 Å². The number of nitrogens with zero attached hydrogens (tertiary/aromatic N) is 1. The first-order valence-corrected chi connectivity index (χ1v) is 7.77. The molecule has 1 saturated carbocycles. The fourth-order valence-electron chi connectivity index (χ4n) is 3.45. The van der Waals surface area contributed by atoms with Gasteiger partial charge in [0.1, 0.15) is 11.4 Å². The van der Waals surface area contributed by atoms with Gasteiger partial charge in [0, 0.05) is 31.8 Å². The highest BCUT2D eigenvalue weighted by atomic mass is 16.5. The summed E-state index contributed by atoms with van der Waals surface area (Å²) in [4.78, 5) is 26.4. The summed E-state index contributed by atoms with van der Waals surface area (Å²) in [6, 6.07) is 7.47. The van der Waals surface area contributed by atoms with Crippen LogP contribution in [0.15, 0.2) is 24.3 Å². The van der Waals surface area contributed by atoms with Gasteiger partial charge in [-0.2, -0.15) is 0 Å². The van der Waals surface area contributed by atoms with Crippen LogP contribution >= 0.6 is 0 Å². The topological polar surface area (TPSA) is 46.6 Å². The maximum absolute atomic E-state index is 12.3. The lowest BCUT2D eigenvalue weighted by Gasteiger charge is -2.44. The lowest BCUT2D eigenvalue weighted by molar-refractivity contribution is -0.136. The van der Waals surface area contributed by atoms with E-state index in [1.165, 1.54) is 0 Å². The van der Waals surface area contributed by atoms with Crippen LogP contribution in [0.2, 0.25) is 0 Å². The molecule has 1 aliphatic carbocycles. The van der Waals surface area contributed by atoms with E-state index in [0.717, 1.165) is 25.7 Å². The van der Waals surface area contributed by atoms with Crippen molar-refractivity contribution in [1.82, 2.24) is 4.90 Å². The van der Waals surface area contributed by atoms with Gasteiger partial charge in [0.25, 0.3) is 0 Å². The highest BCUT2D eigenvalue weighted by molar-refractivity contribution is 6.00. The van der Waals surface area contributed by atoms with Crippen molar-refractivity contribution >= 4 is 11.7 Å². The summed E-state index contributed by atoms with van der Waals surface area (Å²) in [5, 5.41) is 0. The summed E-state index contributed by atoms with van der Waals surface area (Å²) in [6.07, 6.45) is 4.04. The van der Waals surface area contributed by atoms with Crippen LogP contribution < -0.4 is 4.74 Å². The van der Waals surface area contributed by atoms with Crippen molar-refractivity contribution in [3.05, 3.63) is 29.8 Å². The molecule has 2 fully saturated rings. The number of piperidine rings is 1. The SMILES string of the molecule is O=C1CC2(CCN(C(=O)C3CC3)CC2)Oc2ccccc21. The van der Waals surface area contributed by atoms with Crippen molar-refractivity contribution in [3.63, 3.8) is 0 Å². The fraction of sp³-hybridized carbons (Fsp3) is 0.529. The van der Waals surface area contributed by atoms with Crippen molar-refractivity contribution in [3.8, 4) is 5.75 Å². The molecule has 21 heavy (non-hydrogen) atoms. The van der Waals surface area contributed by atoms with Crippen molar-refractivity contribution < 1.29 is 14.3 Å². The third-order valence-electron chi connectivity index (χ3n) is 4.91. The Bertz CT molecular complexity index is 598. The molecule has 1 spiro atoms. The third-order valence-corrected chi connectivity index (χ3v) is 4.91. The second-order valence-corrected chi connectivity index (χ2v) is 6.48. The van der Waals surface area contributed by atoms with Crippen LogP contribution in [0.25, 0.3) is 0 Å². The number of amides is 1. The van der Waals surface area contributed by atoms with Gasteiger partial charge in [-0.25, -0.2) is 0 Å². The Kier molecular flexibility index (Phi) is 2.81. The van der Waals surface area contributed by atoms with Gasteiger partial charge in [0.15, 0.2) is 5.78 Å². The first-order chi connectivity index (χ1) is 10.2. The number of Topliss-reactive ketones (excluding diaryl/α,β-unsaturated/α-hetero) is 1. The van der Waals surface area contributed by atoms with E-state index >= 15 is 0 Å². The summed E-state index contributed by atoms with van der Waals surface area (Å²) in [6.45, 7) is 1.43. The van der Waals surface area contributed by atoms with Crippen LogP contribution in [0.4, 0.5) is 0 Å². The normalized spacial score (nSPS) is 23.6. The van der Waals surface area contributed by atoms with E-state index in [1.807, 2.05) is 29.2 Å². The smallest absolute Gasteiger partial charge is 0.225 e. The summed E-state index contributed by atoms with van der Waals surface area (Å²) in [5.74, 6) is 1.44. The van der Waals surface area contributed by atoms with Gasteiger partial charge >= 0.3 is 0 Å². The zero-order valence-corrected chi connectivity index (χ0v) is 12.0. The molecule has 4 rings (SSSR count). The number of fused-ring (bicyclic) bond motifs is 1. The Morgan fingerprint density at radius 1 is 1.19 bits per heavy atom. The largest absolute Gasteiger partial charge is 0.486 e. The molecule has 1 aromatic rings. The van der Waals surface area contributed by atoms with E-state index in [2.05, 4.69) is 0 Å². The Morgan fingerprint density at radius 3 is 2.62 bits per heavy atom. The number of hydrogen-bond acceptors (Lipinski definition) is 3. The molecule has 0 bridgehead atoms. The summed E-state index contributed by atoms with van der Waals surface area (Å²) in [7, 11) is 0. The van der Waals surface area contributed by atoms with Crippen molar-refractivity contribution in [2.24, 2.45) is 5.92 Å². The van der Waals surface area contributed by atoms with Gasteiger partial charge in [0.05, 0.1) is 12.0 Å². The number of ether oxygens (including phenoxy) is 1. The summed E-state index contributed by atoms with van der Waals surface area (Å²) in [5.41, 5.74) is 0.297. The lowest BCUT2D eigenvalue weighted by atomic mass is 9.82. The Balaban J connectivity index is 1.50. The van der Waals surface area contributed by atoms with Crippen molar-refractivity contribution in [1.29, 1.82) is 0 Å². The summed E-state index contributed by atoms with van der Waals surface area (Å²) < 4.78 is 6.18. The van der Waals surface area contributed by atoms with E-state index < -0.39 is 5.60 Å². The van der Waals surface area contributed by atoms with Gasteiger partial charge in [-0.15, -0.1) is 0 Å². The number of benzene rings is 1. The number of rotatable bonds is 1. The molecular weight excluding hydrogens is 266 g/mol. The minimum atomic E-state index is -0.397. The molecule has 0 atom stereocenters. The second kappa shape index (κ2) is 4.58. The number of carbonyl (C=O) groups is 2. The molecule has 0 aromatic heterocycles. The molecule has 1 aromatic carbocycles. The van der Waals surface area contributed by atoms with E-state index in [9.17, 15) is 9.59 Å². The van der Waals surface area contributed by atoms with Gasteiger partial charge in [-0.1, -0.05) is 12.1 Å². The molecule has 0 N–H and O–H groups in total. The Hall–Kier alpha value is -1.84. The number of ketones is 1. The first-order valence-electron chi connectivity index (χ1n) is 7.77. The predicted octanol–water partition coefficient (Wildman–Crippen LogP) is 2.42. The highest BCUT2D eigenvalue weighted by Gasteiger charge is 2.45. The molecule has 0 unspecified atom stereocenters. The molecule has 2 aliphatic heterocycles. The average molecular weight is 285 g/mol. The number of para-hydroxylation sites is 1. The molecule has 2 heterocycles. The first kappa shape index (κ1) is 12.9. The van der Waals surface area contributed by atoms with Crippen LogP contribution in [0.5, 0.6) is 5.75 Å². The van der Waals surface area contributed by atoms with Crippen LogP contribution in [0, 0.1) is 5.92 Å². The molecule has 4 nitrogen and oxygen atoms in total. The minimum absolute atomic E-state index is 0.166. The fourth-order valence-corrected chi connectivity index (χ4v) is 3.45. The molecule has 1 amide bonds. The van der Waals surface area contributed by atoms with Crippen LogP contribution in [0.3, 0.4) is 0 Å². The number of carbonyl (C=O) groups excluding carboxylic acids is 2. The zero-order valence-electron chi connectivity index (χ0n) is 12.0. The zero-order chi connectivity index (χ0) is 14.4. The summed E-state index contributed by atoms with van der Waals surface area (Å²) >= 11 is 0. The number of likely N-dealkylation sites (tertiary alicyclic amines) is 1. The molecular formula is C17H19NO3. The van der Waals surface area contributed by atoms with E-state index in [0.29, 0.717) is 36.7 Å². The minimum Gasteiger partial charge on any atom is -0.486 e. The van der Waals surface area contributed by atoms with E-state index in [-0.39, 0.29) is 11.7 Å². The van der Waals surface area contributed by atoms with Gasteiger partial charge in [0.2, 0.25) is 5.91 Å². The van der Waals surface area contributed by atoms with E-state index in [4.69, 9.17) is 4.74 Å². The maximum Gasteiger partial charge on any atom is 0.225 e. The maximum atomic E-state index is 12.3. The molecule has 110 valence electrons. The van der Waals surface area contributed by atoms with Crippen LogP contribution in [0.1, 0.15) is 42.5 Å². The average Bonchev–Trinajstić information content (AvgIpc) is 3.32. The van der Waals surface area contributed by atoms with Gasteiger partial charge in [-0.3, -0.25) is 9.59 Å². The van der Waals surface area contributed by atoms with Gasteiger partial charge in [-0.05, 0) is 25.0 Å². The Morgan fingerprint density at radius 2 is 1.90 bits per heavy atom. The quantitative estimate of drug-likeness (QED) is 0.796.